The first kappa shape index (κ1) is 13.8. The topological polar surface area (TPSA) is 61.9 Å². The lowest BCUT2D eigenvalue weighted by atomic mass is 9.92. The number of nitrogens with zero attached hydrogens (tertiary/aromatic N) is 2. The molecule has 0 radical (unpaired) electrons. The van der Waals surface area contributed by atoms with E-state index in [0.29, 0.717) is 0 Å². The first-order valence-corrected chi connectivity index (χ1v) is 7.18. The maximum absolute atomic E-state index is 4.55. The van der Waals surface area contributed by atoms with E-state index >= 15 is 0 Å². The number of nitrogens with one attached hydrogen (secondary N) is 3. The van der Waals surface area contributed by atoms with Crippen molar-refractivity contribution in [3.63, 3.8) is 0 Å². The summed E-state index contributed by atoms with van der Waals surface area (Å²) in [6, 6.07) is 6.15. The van der Waals surface area contributed by atoms with E-state index < -0.39 is 0 Å². The van der Waals surface area contributed by atoms with E-state index in [1.807, 2.05) is 18.5 Å². The lowest BCUT2D eigenvalue weighted by molar-refractivity contribution is 0.568. The Morgan fingerprint density at radius 2 is 2.05 bits per heavy atom. The largest absolute Gasteiger partial charge is 0.372 e. The minimum absolute atomic E-state index is 0.0391. The third-order valence-electron chi connectivity index (χ3n) is 3.59. The highest BCUT2D eigenvalue weighted by Gasteiger charge is 2.20. The average molecular weight is 283 g/mol. The summed E-state index contributed by atoms with van der Waals surface area (Å²) >= 11 is 0. The average Bonchev–Trinajstić information content (AvgIpc) is 2.47. The van der Waals surface area contributed by atoms with Gasteiger partial charge in [0, 0.05) is 34.8 Å². The van der Waals surface area contributed by atoms with Crippen LogP contribution >= 0.6 is 0 Å². The summed E-state index contributed by atoms with van der Waals surface area (Å²) in [6.07, 6.45) is 5.61. The number of rotatable bonds is 2. The minimum Gasteiger partial charge on any atom is -0.372 e. The molecule has 21 heavy (non-hydrogen) atoms. The Kier molecular flexibility index (Phi) is 3.51. The van der Waals surface area contributed by atoms with Crippen molar-refractivity contribution in [3.05, 3.63) is 48.0 Å². The van der Waals surface area contributed by atoms with E-state index in [4.69, 9.17) is 0 Å². The Morgan fingerprint density at radius 3 is 2.76 bits per heavy atom. The third-order valence-corrected chi connectivity index (χ3v) is 3.59. The van der Waals surface area contributed by atoms with Gasteiger partial charge < -0.3 is 10.6 Å². The first-order chi connectivity index (χ1) is 10.0. The standard InChI is InChI=1S/C16H21N5/c1-16(2,3)14-5-4-11(8-18-14)21-15-12-9-17-7-6-13(12)19-10-20-15/h4-9,15,19-21H,10H2,1-3H3. The van der Waals surface area contributed by atoms with Gasteiger partial charge in [-0.1, -0.05) is 20.8 Å². The quantitative estimate of drug-likeness (QED) is 0.791. The molecule has 1 unspecified atom stereocenters. The lowest BCUT2D eigenvalue weighted by Gasteiger charge is -2.29. The zero-order valence-corrected chi connectivity index (χ0v) is 12.6. The van der Waals surface area contributed by atoms with E-state index in [1.54, 1.807) is 6.20 Å². The highest BCUT2D eigenvalue weighted by atomic mass is 15.2. The van der Waals surface area contributed by atoms with Crippen LogP contribution in [0.5, 0.6) is 0 Å². The van der Waals surface area contributed by atoms with Crippen LogP contribution in [0.3, 0.4) is 0 Å². The molecule has 0 amide bonds. The summed E-state index contributed by atoms with van der Waals surface area (Å²) in [5, 5.41) is 10.1. The minimum atomic E-state index is 0.0391. The summed E-state index contributed by atoms with van der Waals surface area (Å²) in [6.45, 7) is 7.22. The molecule has 0 saturated carbocycles. The van der Waals surface area contributed by atoms with Gasteiger partial charge in [0.1, 0.15) is 6.17 Å². The van der Waals surface area contributed by atoms with Crippen molar-refractivity contribution in [3.8, 4) is 0 Å². The maximum atomic E-state index is 4.55. The predicted octanol–water partition coefficient (Wildman–Crippen LogP) is 2.86. The maximum Gasteiger partial charge on any atom is 0.108 e. The summed E-state index contributed by atoms with van der Waals surface area (Å²) < 4.78 is 0. The van der Waals surface area contributed by atoms with Gasteiger partial charge in [-0.15, -0.1) is 0 Å². The molecule has 110 valence electrons. The Morgan fingerprint density at radius 1 is 1.19 bits per heavy atom. The van der Waals surface area contributed by atoms with Gasteiger partial charge in [0.05, 0.1) is 18.6 Å². The van der Waals surface area contributed by atoms with E-state index in [1.165, 1.54) is 0 Å². The second kappa shape index (κ2) is 5.33. The highest BCUT2D eigenvalue weighted by molar-refractivity contribution is 5.55. The molecule has 0 bridgehead atoms. The Hall–Kier alpha value is -2.14. The normalized spacial score (nSPS) is 17.8. The zero-order valence-electron chi connectivity index (χ0n) is 12.6. The molecule has 0 spiro atoms. The van der Waals surface area contributed by atoms with Crippen molar-refractivity contribution in [2.75, 3.05) is 17.3 Å². The molecule has 1 atom stereocenters. The van der Waals surface area contributed by atoms with Crippen LogP contribution in [0.2, 0.25) is 0 Å². The van der Waals surface area contributed by atoms with Crippen LogP contribution in [0, 0.1) is 0 Å². The number of hydrogen-bond acceptors (Lipinski definition) is 5. The van der Waals surface area contributed by atoms with Crippen molar-refractivity contribution >= 4 is 11.4 Å². The fourth-order valence-corrected chi connectivity index (χ4v) is 2.37. The zero-order chi connectivity index (χ0) is 14.9. The molecule has 0 aliphatic carbocycles. The van der Waals surface area contributed by atoms with Crippen LogP contribution < -0.4 is 16.0 Å². The Balaban J connectivity index is 1.79. The fourth-order valence-electron chi connectivity index (χ4n) is 2.37. The predicted molar refractivity (Wildman–Crippen MR) is 85.2 cm³/mol. The second-order valence-electron chi connectivity index (χ2n) is 6.28. The number of fused-ring (bicyclic) bond motifs is 1. The Labute approximate surface area is 125 Å². The summed E-state index contributed by atoms with van der Waals surface area (Å²) in [5.74, 6) is 0. The molecule has 2 aromatic heterocycles. The molecule has 5 nitrogen and oxygen atoms in total. The smallest absolute Gasteiger partial charge is 0.108 e. The van der Waals surface area contributed by atoms with E-state index in [-0.39, 0.29) is 11.6 Å². The first-order valence-electron chi connectivity index (χ1n) is 7.18. The molecular formula is C16H21N5. The summed E-state index contributed by atoms with van der Waals surface area (Å²) in [4.78, 5) is 8.75. The monoisotopic (exact) mass is 283 g/mol. The molecule has 1 aliphatic rings. The van der Waals surface area contributed by atoms with Crippen LogP contribution in [0.25, 0.3) is 0 Å². The molecule has 0 aromatic carbocycles. The van der Waals surface area contributed by atoms with Crippen molar-refractivity contribution in [2.45, 2.75) is 32.4 Å². The third kappa shape index (κ3) is 2.97. The van der Waals surface area contributed by atoms with Crippen LogP contribution in [0.15, 0.2) is 36.8 Å². The molecule has 3 rings (SSSR count). The Bertz CT molecular complexity index is 615. The van der Waals surface area contributed by atoms with Crippen LogP contribution in [-0.4, -0.2) is 16.6 Å². The molecule has 0 saturated heterocycles. The molecule has 1 aliphatic heterocycles. The van der Waals surface area contributed by atoms with Crippen molar-refractivity contribution in [2.24, 2.45) is 0 Å². The van der Waals surface area contributed by atoms with Gasteiger partial charge in [-0.2, -0.15) is 0 Å². The highest BCUT2D eigenvalue weighted by Crippen LogP contribution is 2.27. The molecule has 2 aromatic rings. The number of aromatic nitrogens is 2. The van der Waals surface area contributed by atoms with Gasteiger partial charge >= 0.3 is 0 Å². The summed E-state index contributed by atoms with van der Waals surface area (Å²) in [5.41, 5.74) is 4.39. The summed E-state index contributed by atoms with van der Waals surface area (Å²) in [7, 11) is 0. The van der Waals surface area contributed by atoms with Gasteiger partial charge in [-0.3, -0.25) is 15.3 Å². The SMILES string of the molecule is CC(C)(C)c1ccc(NC2NCNc3ccncc32)cn1. The van der Waals surface area contributed by atoms with Gasteiger partial charge in [-0.25, -0.2) is 0 Å². The fraction of sp³-hybridized carbons (Fsp3) is 0.375. The molecule has 5 heteroatoms. The molecular weight excluding hydrogens is 262 g/mol. The van der Waals surface area contributed by atoms with E-state index in [2.05, 4.69) is 58.8 Å². The second-order valence-corrected chi connectivity index (χ2v) is 6.28. The number of anilines is 2. The van der Waals surface area contributed by atoms with Gasteiger partial charge in [0.2, 0.25) is 0 Å². The molecule has 3 heterocycles. The van der Waals surface area contributed by atoms with E-state index in [9.17, 15) is 0 Å². The van der Waals surface area contributed by atoms with Crippen molar-refractivity contribution in [1.29, 1.82) is 0 Å². The molecule has 3 N–H and O–H groups in total. The van der Waals surface area contributed by atoms with Gasteiger partial charge in [0.25, 0.3) is 0 Å². The number of hydrogen-bond donors (Lipinski definition) is 3. The van der Waals surface area contributed by atoms with Gasteiger partial charge in [-0.05, 0) is 18.2 Å². The molecule has 0 fully saturated rings. The van der Waals surface area contributed by atoms with Crippen LogP contribution in [0.4, 0.5) is 11.4 Å². The van der Waals surface area contributed by atoms with Crippen molar-refractivity contribution in [1.82, 2.24) is 15.3 Å². The van der Waals surface area contributed by atoms with Crippen molar-refractivity contribution < 1.29 is 0 Å². The number of pyridine rings is 2. The van der Waals surface area contributed by atoms with E-state index in [0.717, 1.165) is 29.3 Å². The van der Waals surface area contributed by atoms with Crippen LogP contribution in [-0.2, 0) is 5.41 Å². The van der Waals surface area contributed by atoms with Gasteiger partial charge in [0.15, 0.2) is 0 Å². The lowest BCUT2D eigenvalue weighted by Crippen LogP contribution is -2.37. The van der Waals surface area contributed by atoms with Crippen LogP contribution in [0.1, 0.15) is 38.2 Å².